The van der Waals surface area contributed by atoms with Crippen LogP contribution in [0.3, 0.4) is 0 Å². The van der Waals surface area contributed by atoms with E-state index in [-0.39, 0.29) is 18.1 Å². The predicted octanol–water partition coefficient (Wildman–Crippen LogP) is 3.63. The molecule has 0 atom stereocenters. The molecule has 2 N–H and O–H groups in total. The molecule has 1 amide bonds. The molecule has 110 valence electrons. The van der Waals surface area contributed by atoms with Crippen molar-refractivity contribution in [3.63, 3.8) is 0 Å². The van der Waals surface area contributed by atoms with Gasteiger partial charge in [0, 0.05) is 5.69 Å². The SMILES string of the molecule is Cc1cc(C)cc(NC(=O)CNc2c(F)cccc2F)c1. The highest BCUT2D eigenvalue weighted by Gasteiger charge is 2.10. The van der Waals surface area contributed by atoms with E-state index in [4.69, 9.17) is 0 Å². The van der Waals surface area contributed by atoms with Crippen molar-refractivity contribution in [2.24, 2.45) is 0 Å². The van der Waals surface area contributed by atoms with Gasteiger partial charge >= 0.3 is 0 Å². The molecule has 0 aromatic heterocycles. The lowest BCUT2D eigenvalue weighted by atomic mass is 10.1. The summed E-state index contributed by atoms with van der Waals surface area (Å²) >= 11 is 0. The summed E-state index contributed by atoms with van der Waals surface area (Å²) in [7, 11) is 0. The molecule has 2 aromatic carbocycles. The van der Waals surface area contributed by atoms with Crippen LogP contribution in [0.25, 0.3) is 0 Å². The Morgan fingerprint density at radius 2 is 1.62 bits per heavy atom. The van der Waals surface area contributed by atoms with Crippen molar-refractivity contribution >= 4 is 17.3 Å². The zero-order valence-corrected chi connectivity index (χ0v) is 11.8. The van der Waals surface area contributed by atoms with E-state index in [9.17, 15) is 13.6 Å². The molecule has 0 saturated carbocycles. The van der Waals surface area contributed by atoms with Crippen LogP contribution in [-0.4, -0.2) is 12.5 Å². The van der Waals surface area contributed by atoms with Crippen LogP contribution in [0.4, 0.5) is 20.2 Å². The first kappa shape index (κ1) is 15.0. The third-order valence-corrected chi connectivity index (χ3v) is 2.89. The summed E-state index contributed by atoms with van der Waals surface area (Å²) in [6.45, 7) is 3.64. The lowest BCUT2D eigenvalue weighted by Gasteiger charge is -2.10. The van der Waals surface area contributed by atoms with Gasteiger partial charge in [-0.15, -0.1) is 0 Å². The Balaban J connectivity index is 1.99. The highest BCUT2D eigenvalue weighted by Crippen LogP contribution is 2.18. The molecule has 0 fully saturated rings. The van der Waals surface area contributed by atoms with E-state index in [1.165, 1.54) is 6.07 Å². The van der Waals surface area contributed by atoms with Crippen molar-refractivity contribution in [3.05, 3.63) is 59.2 Å². The van der Waals surface area contributed by atoms with Gasteiger partial charge in [-0.25, -0.2) is 8.78 Å². The van der Waals surface area contributed by atoms with Gasteiger partial charge in [0.15, 0.2) is 0 Å². The van der Waals surface area contributed by atoms with Gasteiger partial charge in [-0.3, -0.25) is 4.79 Å². The van der Waals surface area contributed by atoms with E-state index in [0.29, 0.717) is 5.69 Å². The third kappa shape index (κ3) is 4.02. The Bertz CT molecular complexity index is 631. The molecule has 2 rings (SSSR count). The predicted molar refractivity (Wildman–Crippen MR) is 79.4 cm³/mol. The Labute approximate surface area is 122 Å². The Hall–Kier alpha value is -2.43. The zero-order chi connectivity index (χ0) is 15.4. The maximum Gasteiger partial charge on any atom is 0.243 e. The maximum absolute atomic E-state index is 13.4. The minimum atomic E-state index is -0.728. The number of amides is 1. The van der Waals surface area contributed by atoms with E-state index in [2.05, 4.69) is 10.6 Å². The summed E-state index contributed by atoms with van der Waals surface area (Å²) in [6, 6.07) is 9.18. The Morgan fingerprint density at radius 3 is 2.19 bits per heavy atom. The molecule has 5 heteroatoms. The minimum Gasteiger partial charge on any atom is -0.371 e. The largest absolute Gasteiger partial charge is 0.371 e. The summed E-state index contributed by atoms with van der Waals surface area (Å²) in [5.41, 5.74) is 2.41. The number of rotatable bonds is 4. The Kier molecular flexibility index (Phi) is 4.52. The number of benzene rings is 2. The van der Waals surface area contributed by atoms with Gasteiger partial charge in [0.25, 0.3) is 0 Å². The molecule has 0 unspecified atom stereocenters. The van der Waals surface area contributed by atoms with Gasteiger partial charge in [0.05, 0.1) is 6.54 Å². The fourth-order valence-electron chi connectivity index (χ4n) is 2.09. The monoisotopic (exact) mass is 290 g/mol. The number of nitrogens with one attached hydrogen (secondary N) is 2. The number of anilines is 2. The Morgan fingerprint density at radius 1 is 1.05 bits per heavy atom. The number of hydrogen-bond donors (Lipinski definition) is 2. The van der Waals surface area contributed by atoms with Crippen molar-refractivity contribution < 1.29 is 13.6 Å². The van der Waals surface area contributed by atoms with Gasteiger partial charge in [-0.2, -0.15) is 0 Å². The van der Waals surface area contributed by atoms with Crippen molar-refractivity contribution in [2.45, 2.75) is 13.8 Å². The number of aryl methyl sites for hydroxylation is 2. The summed E-state index contributed by atoms with van der Waals surface area (Å²) in [5.74, 6) is -1.83. The van der Waals surface area contributed by atoms with Crippen LogP contribution >= 0.6 is 0 Å². The molecule has 0 aliphatic carbocycles. The lowest BCUT2D eigenvalue weighted by Crippen LogP contribution is -2.22. The second kappa shape index (κ2) is 6.35. The molecular weight excluding hydrogens is 274 g/mol. The first-order valence-corrected chi connectivity index (χ1v) is 6.52. The summed E-state index contributed by atoms with van der Waals surface area (Å²) in [5, 5.41) is 5.15. The van der Waals surface area contributed by atoms with Crippen molar-refractivity contribution in [1.82, 2.24) is 0 Å². The molecule has 0 heterocycles. The summed E-state index contributed by atoms with van der Waals surface area (Å²) < 4.78 is 26.8. The third-order valence-electron chi connectivity index (χ3n) is 2.89. The van der Waals surface area contributed by atoms with Gasteiger partial charge in [0.1, 0.15) is 17.3 Å². The van der Waals surface area contributed by atoms with Crippen LogP contribution in [0.1, 0.15) is 11.1 Å². The molecule has 3 nitrogen and oxygen atoms in total. The molecule has 0 aliphatic rings. The fourth-order valence-corrected chi connectivity index (χ4v) is 2.09. The lowest BCUT2D eigenvalue weighted by molar-refractivity contribution is -0.114. The van der Waals surface area contributed by atoms with E-state index in [1.54, 1.807) is 0 Å². The zero-order valence-electron chi connectivity index (χ0n) is 11.8. The molecule has 0 bridgehead atoms. The fraction of sp³-hybridized carbons (Fsp3) is 0.188. The molecule has 0 spiro atoms. The average Bonchev–Trinajstić information content (AvgIpc) is 2.36. The van der Waals surface area contributed by atoms with Crippen LogP contribution < -0.4 is 10.6 Å². The van der Waals surface area contributed by atoms with Crippen molar-refractivity contribution in [1.29, 1.82) is 0 Å². The smallest absolute Gasteiger partial charge is 0.243 e. The number of carbonyl (C=O) groups is 1. The highest BCUT2D eigenvalue weighted by molar-refractivity contribution is 5.93. The van der Waals surface area contributed by atoms with Crippen molar-refractivity contribution in [2.75, 3.05) is 17.2 Å². The first-order chi connectivity index (χ1) is 9.95. The first-order valence-electron chi connectivity index (χ1n) is 6.52. The summed E-state index contributed by atoms with van der Waals surface area (Å²) in [4.78, 5) is 11.8. The van der Waals surface area contributed by atoms with Gasteiger partial charge < -0.3 is 10.6 Å². The van der Waals surface area contributed by atoms with Gasteiger partial charge in [-0.05, 0) is 49.2 Å². The molecule has 0 saturated heterocycles. The number of halogens is 2. The van der Waals surface area contributed by atoms with E-state index < -0.39 is 11.6 Å². The standard InChI is InChI=1S/C16H16F2N2O/c1-10-6-11(2)8-12(7-10)20-15(21)9-19-16-13(17)4-3-5-14(16)18/h3-8,19H,9H2,1-2H3,(H,20,21). The van der Waals surface area contributed by atoms with E-state index >= 15 is 0 Å². The van der Waals surface area contributed by atoms with Crippen LogP contribution in [0.5, 0.6) is 0 Å². The molecular formula is C16H16F2N2O. The number of hydrogen-bond acceptors (Lipinski definition) is 2. The summed E-state index contributed by atoms with van der Waals surface area (Å²) in [6.07, 6.45) is 0. The molecule has 2 aromatic rings. The van der Waals surface area contributed by atoms with Crippen molar-refractivity contribution in [3.8, 4) is 0 Å². The van der Waals surface area contributed by atoms with Gasteiger partial charge in [-0.1, -0.05) is 12.1 Å². The topological polar surface area (TPSA) is 41.1 Å². The van der Waals surface area contributed by atoms with E-state index in [1.807, 2.05) is 32.0 Å². The number of para-hydroxylation sites is 1. The maximum atomic E-state index is 13.4. The molecule has 21 heavy (non-hydrogen) atoms. The van der Waals surface area contributed by atoms with Crippen LogP contribution in [0.2, 0.25) is 0 Å². The quantitative estimate of drug-likeness (QED) is 0.902. The average molecular weight is 290 g/mol. The number of carbonyl (C=O) groups excluding carboxylic acids is 1. The second-order valence-corrected chi connectivity index (χ2v) is 4.87. The molecule has 0 radical (unpaired) electrons. The second-order valence-electron chi connectivity index (χ2n) is 4.87. The normalized spacial score (nSPS) is 10.3. The van der Waals surface area contributed by atoms with Crippen LogP contribution in [0, 0.1) is 25.5 Å². The molecule has 0 aliphatic heterocycles. The highest BCUT2D eigenvalue weighted by atomic mass is 19.1. The van der Waals surface area contributed by atoms with Gasteiger partial charge in [0.2, 0.25) is 5.91 Å². The van der Waals surface area contributed by atoms with E-state index in [0.717, 1.165) is 23.3 Å². The van der Waals surface area contributed by atoms with Crippen LogP contribution in [0.15, 0.2) is 36.4 Å². The van der Waals surface area contributed by atoms with Crippen LogP contribution in [-0.2, 0) is 4.79 Å². The minimum absolute atomic E-state index is 0.217.